The normalized spacial score (nSPS) is 21.3. The van der Waals surface area contributed by atoms with Crippen LogP contribution in [0.5, 0.6) is 0 Å². The van der Waals surface area contributed by atoms with Crippen molar-refractivity contribution < 1.29 is 13.2 Å². The van der Waals surface area contributed by atoms with Crippen LogP contribution in [0.15, 0.2) is 53.1 Å². The summed E-state index contributed by atoms with van der Waals surface area (Å²) in [4.78, 5) is 9.12. The number of halogens is 3. The van der Waals surface area contributed by atoms with E-state index in [1.807, 2.05) is 24.6 Å². The van der Waals surface area contributed by atoms with Gasteiger partial charge in [0, 0.05) is 50.4 Å². The molecule has 1 aromatic heterocycles. The summed E-state index contributed by atoms with van der Waals surface area (Å²) < 4.78 is 40.7. The minimum absolute atomic E-state index is 0.371. The first kappa shape index (κ1) is 25.5. The third-order valence-corrected chi connectivity index (χ3v) is 7.76. The molecule has 0 amide bonds. The third-order valence-electron chi connectivity index (χ3n) is 6.66. The molecule has 2 saturated heterocycles. The average Bonchev–Trinajstić information content (AvgIpc) is 3.52. The highest BCUT2D eigenvalue weighted by Gasteiger charge is 2.41. The number of fused-ring (bicyclic) bond motifs is 1. The highest BCUT2D eigenvalue weighted by atomic mass is 32.2. The van der Waals surface area contributed by atoms with E-state index in [0.717, 1.165) is 67.1 Å². The second-order valence-corrected chi connectivity index (χ2v) is 9.93. The molecule has 188 valence electrons. The molecule has 6 nitrogen and oxygen atoms in total. The van der Waals surface area contributed by atoms with E-state index in [4.69, 9.17) is 0 Å². The highest BCUT2D eigenvalue weighted by molar-refractivity contribution is 7.99. The second-order valence-electron chi connectivity index (χ2n) is 8.87. The van der Waals surface area contributed by atoms with Crippen molar-refractivity contribution in [3.63, 3.8) is 0 Å². The number of thioether (sulfide) groups is 1. The van der Waals surface area contributed by atoms with Gasteiger partial charge < -0.3 is 14.4 Å². The van der Waals surface area contributed by atoms with Crippen LogP contribution in [0.3, 0.4) is 0 Å². The van der Waals surface area contributed by atoms with E-state index >= 15 is 0 Å². The lowest BCUT2D eigenvalue weighted by Gasteiger charge is -2.27. The molecule has 0 saturated carbocycles. The van der Waals surface area contributed by atoms with Gasteiger partial charge >= 0.3 is 6.18 Å². The third kappa shape index (κ3) is 5.81. The van der Waals surface area contributed by atoms with Crippen LogP contribution in [0, 0.1) is 5.92 Å². The van der Waals surface area contributed by atoms with Gasteiger partial charge in [0.15, 0.2) is 11.0 Å². The van der Waals surface area contributed by atoms with Crippen molar-refractivity contribution in [3.05, 3.63) is 54.4 Å². The number of hydrogen-bond acceptors (Lipinski definition) is 6. The predicted molar refractivity (Wildman–Crippen MR) is 136 cm³/mol. The Balaban J connectivity index is 1.26. The summed E-state index contributed by atoms with van der Waals surface area (Å²) in [5.74, 6) is 2.23. The fourth-order valence-electron chi connectivity index (χ4n) is 4.90. The zero-order chi connectivity index (χ0) is 25.0. The van der Waals surface area contributed by atoms with Crippen molar-refractivity contribution in [2.24, 2.45) is 18.0 Å². The molecule has 1 aromatic carbocycles. The van der Waals surface area contributed by atoms with Gasteiger partial charge in [-0.2, -0.15) is 13.2 Å². The van der Waals surface area contributed by atoms with Gasteiger partial charge in [0.1, 0.15) is 5.70 Å². The molecule has 2 aliphatic rings. The van der Waals surface area contributed by atoms with E-state index in [0.29, 0.717) is 12.0 Å². The van der Waals surface area contributed by atoms with Crippen molar-refractivity contribution >= 4 is 29.4 Å². The number of aliphatic imine (C=N–C) groups is 1. The quantitative estimate of drug-likeness (QED) is 0.269. The van der Waals surface area contributed by atoms with Crippen molar-refractivity contribution in [1.82, 2.24) is 19.7 Å². The molecule has 4 rings (SSSR count). The molecular formula is C25H31F3N6S. The lowest BCUT2D eigenvalue weighted by molar-refractivity contribution is -0.137. The van der Waals surface area contributed by atoms with E-state index in [1.54, 1.807) is 36.2 Å². The van der Waals surface area contributed by atoms with Crippen LogP contribution >= 0.6 is 11.8 Å². The molecule has 2 aliphatic heterocycles. The van der Waals surface area contributed by atoms with Gasteiger partial charge in [-0.15, -0.1) is 10.2 Å². The Morgan fingerprint density at radius 1 is 1.23 bits per heavy atom. The Morgan fingerprint density at radius 2 is 2.00 bits per heavy atom. The van der Waals surface area contributed by atoms with E-state index in [9.17, 15) is 13.2 Å². The van der Waals surface area contributed by atoms with Gasteiger partial charge in [-0.1, -0.05) is 30.5 Å². The van der Waals surface area contributed by atoms with Gasteiger partial charge in [0.25, 0.3) is 0 Å². The number of nitrogens with zero attached hydrogens (tertiary/aromatic N) is 6. The van der Waals surface area contributed by atoms with Crippen LogP contribution in [0.1, 0.15) is 31.2 Å². The number of aromatic nitrogens is 3. The summed E-state index contributed by atoms with van der Waals surface area (Å²) in [5.41, 5.74) is 1.05. The van der Waals surface area contributed by atoms with Crippen molar-refractivity contribution in [2.75, 3.05) is 36.8 Å². The zero-order valence-electron chi connectivity index (χ0n) is 20.1. The first-order valence-electron chi connectivity index (χ1n) is 11.8. The van der Waals surface area contributed by atoms with Crippen LogP contribution in [0.2, 0.25) is 0 Å². The summed E-state index contributed by atoms with van der Waals surface area (Å²) in [6.45, 7) is 9.48. The first-order chi connectivity index (χ1) is 16.8. The molecule has 0 spiro atoms. The van der Waals surface area contributed by atoms with Gasteiger partial charge in [0.2, 0.25) is 0 Å². The molecule has 0 N–H and O–H groups in total. The highest BCUT2D eigenvalue weighted by Crippen LogP contribution is 2.37. The molecule has 10 heteroatoms. The minimum Gasteiger partial charge on any atom is -0.367 e. The molecule has 2 fully saturated rings. The Labute approximate surface area is 208 Å². The summed E-state index contributed by atoms with van der Waals surface area (Å²) in [5, 5.41) is 9.47. The monoisotopic (exact) mass is 504 g/mol. The molecule has 2 unspecified atom stereocenters. The molecule has 35 heavy (non-hydrogen) atoms. The van der Waals surface area contributed by atoms with E-state index < -0.39 is 11.7 Å². The maximum Gasteiger partial charge on any atom is 0.416 e. The number of allylic oxidation sites excluding steroid dienone is 2. The largest absolute Gasteiger partial charge is 0.416 e. The lowest BCUT2D eigenvalue weighted by Crippen LogP contribution is -2.35. The van der Waals surface area contributed by atoms with Crippen LogP contribution in [-0.2, 0) is 13.2 Å². The van der Waals surface area contributed by atoms with Gasteiger partial charge in [-0.05, 0) is 56.5 Å². The summed E-state index contributed by atoms with van der Waals surface area (Å²) in [6.07, 6.45) is 2.98. The summed E-state index contributed by atoms with van der Waals surface area (Å²) in [7, 11) is 1.95. The zero-order valence-corrected chi connectivity index (χ0v) is 20.9. The number of rotatable bonds is 9. The van der Waals surface area contributed by atoms with Crippen LogP contribution in [0.4, 0.5) is 18.9 Å². The smallest absolute Gasteiger partial charge is 0.367 e. The minimum atomic E-state index is -4.30. The Bertz CT molecular complexity index is 1080. The average molecular weight is 505 g/mol. The maximum absolute atomic E-state index is 12.9. The molecule has 3 heterocycles. The summed E-state index contributed by atoms with van der Waals surface area (Å²) >= 11 is 1.69. The van der Waals surface area contributed by atoms with E-state index in [-0.39, 0.29) is 0 Å². The van der Waals surface area contributed by atoms with Crippen molar-refractivity contribution in [1.29, 1.82) is 0 Å². The Morgan fingerprint density at radius 3 is 2.69 bits per heavy atom. The lowest BCUT2D eigenvalue weighted by atomic mass is 10.0. The second kappa shape index (κ2) is 11.0. The van der Waals surface area contributed by atoms with Gasteiger partial charge in [-0.3, -0.25) is 4.99 Å². The van der Waals surface area contributed by atoms with Crippen LogP contribution in [-0.4, -0.2) is 63.9 Å². The topological polar surface area (TPSA) is 49.6 Å². The number of likely N-dealkylation sites (tertiary alicyclic amines) is 1. The molecule has 2 atom stereocenters. The van der Waals surface area contributed by atoms with E-state index in [1.165, 1.54) is 12.1 Å². The SMILES string of the molecule is C=C/C=N\C(=C/C)c1nnc(SCCCN2CC3CCN(c4ccc(C(F)(F)F)cc4)C3C2)n1C. The Hall–Kier alpha value is -2.59. The molecule has 0 bridgehead atoms. The molecule has 2 aromatic rings. The molecule has 0 radical (unpaired) electrons. The summed E-state index contributed by atoms with van der Waals surface area (Å²) in [6, 6.07) is 5.98. The Kier molecular flexibility index (Phi) is 8.01. The predicted octanol–water partition coefficient (Wildman–Crippen LogP) is 5.14. The maximum atomic E-state index is 12.9. The molecular weight excluding hydrogens is 473 g/mol. The van der Waals surface area contributed by atoms with Gasteiger partial charge in [0.05, 0.1) is 5.56 Å². The van der Waals surface area contributed by atoms with E-state index in [2.05, 4.69) is 31.6 Å². The molecule has 0 aliphatic carbocycles. The number of hydrogen-bond donors (Lipinski definition) is 0. The van der Waals surface area contributed by atoms with Crippen molar-refractivity contribution in [2.45, 2.75) is 37.1 Å². The number of anilines is 1. The van der Waals surface area contributed by atoms with Crippen molar-refractivity contribution in [3.8, 4) is 0 Å². The number of benzene rings is 1. The van der Waals surface area contributed by atoms with Crippen LogP contribution in [0.25, 0.3) is 5.70 Å². The fraction of sp³-hybridized carbons (Fsp3) is 0.480. The number of alkyl halides is 3. The first-order valence-corrected chi connectivity index (χ1v) is 12.8. The van der Waals surface area contributed by atoms with Crippen LogP contribution < -0.4 is 4.90 Å². The van der Waals surface area contributed by atoms with Gasteiger partial charge in [-0.25, -0.2) is 0 Å². The fourth-order valence-corrected chi connectivity index (χ4v) is 5.74. The standard InChI is InChI=1S/C25H31F3N6S/c1-4-12-29-21(5-2)23-30-31-24(32(23)3)35-15-6-13-33-16-18-11-14-34(22(18)17-33)20-9-7-19(8-10-20)25(26,27)28/h4-5,7-10,12,18,22H,1,6,11,13-17H2,2-3H3/b21-5-,29-12-.